The molecular formula is C9H12ClF3N4O2. The van der Waals surface area contributed by atoms with Gasteiger partial charge >= 0.3 is 18.2 Å². The van der Waals surface area contributed by atoms with Crippen molar-refractivity contribution in [1.82, 2.24) is 0 Å². The summed E-state index contributed by atoms with van der Waals surface area (Å²) >= 11 is 5.29. The van der Waals surface area contributed by atoms with Gasteiger partial charge in [0.1, 0.15) is 0 Å². The first-order valence-corrected chi connectivity index (χ1v) is 4.77. The summed E-state index contributed by atoms with van der Waals surface area (Å²) in [7, 11) is 0. The van der Waals surface area contributed by atoms with Gasteiger partial charge in [-0.25, -0.2) is 9.59 Å². The number of urea groups is 2. The highest BCUT2D eigenvalue weighted by Gasteiger charge is 2.32. The van der Waals surface area contributed by atoms with Crippen LogP contribution in [-0.4, -0.2) is 12.1 Å². The lowest BCUT2D eigenvalue weighted by Crippen LogP contribution is -2.18. The Kier molecular flexibility index (Phi) is 8.95. The molecule has 0 heterocycles. The second kappa shape index (κ2) is 8.86. The predicted molar refractivity (Wildman–Crippen MR) is 64.0 cm³/mol. The monoisotopic (exact) mass is 300 g/mol. The smallest absolute Gasteiger partial charge is 0.352 e. The average Bonchev–Trinajstić information content (AvgIpc) is 2.14. The highest BCUT2D eigenvalue weighted by Crippen LogP contribution is 2.33. The molecule has 0 radical (unpaired) electrons. The van der Waals surface area contributed by atoms with Gasteiger partial charge in [0, 0.05) is 0 Å². The van der Waals surface area contributed by atoms with Crippen LogP contribution >= 0.6 is 11.6 Å². The largest absolute Gasteiger partial charge is 0.417 e. The summed E-state index contributed by atoms with van der Waals surface area (Å²) in [6.45, 7) is 0. The summed E-state index contributed by atoms with van der Waals surface area (Å²) in [4.78, 5) is 18.0. The van der Waals surface area contributed by atoms with E-state index in [1.165, 1.54) is 18.2 Å². The molecule has 19 heavy (non-hydrogen) atoms. The third-order valence-corrected chi connectivity index (χ3v) is 1.51. The normalized spacial score (nSPS) is 9.26. The fourth-order valence-corrected chi connectivity index (χ4v) is 0.934. The van der Waals surface area contributed by atoms with Crippen LogP contribution in [0.3, 0.4) is 0 Å². The first-order valence-electron chi connectivity index (χ1n) is 4.40. The van der Waals surface area contributed by atoms with E-state index in [1.54, 1.807) is 0 Å². The lowest BCUT2D eigenvalue weighted by Gasteiger charge is -2.06. The number of carbonyl (C=O) groups is 2. The molecule has 0 atom stereocenters. The molecule has 0 unspecified atom stereocenters. The molecule has 0 aromatic heterocycles. The minimum absolute atomic E-state index is 0.264. The van der Waals surface area contributed by atoms with Crippen LogP contribution in [0.4, 0.5) is 22.8 Å². The Bertz CT molecular complexity index is 406. The van der Waals surface area contributed by atoms with E-state index in [-0.39, 0.29) is 5.02 Å². The zero-order valence-corrected chi connectivity index (χ0v) is 10.2. The molecule has 1 rings (SSSR count). The summed E-state index contributed by atoms with van der Waals surface area (Å²) in [6, 6.07) is 3.25. The number of hydrogen-bond donors (Lipinski definition) is 4. The number of carbonyl (C=O) groups excluding carboxylic acids is 2. The van der Waals surface area contributed by atoms with Crippen molar-refractivity contribution in [3.8, 4) is 0 Å². The molecule has 108 valence electrons. The first-order chi connectivity index (χ1) is 8.48. The molecule has 0 fully saturated rings. The molecule has 6 nitrogen and oxygen atoms in total. The van der Waals surface area contributed by atoms with Crippen LogP contribution in [0.25, 0.3) is 0 Å². The maximum Gasteiger partial charge on any atom is 0.417 e. The average molecular weight is 301 g/mol. The zero-order valence-electron chi connectivity index (χ0n) is 9.45. The number of hydrogen-bond acceptors (Lipinski definition) is 2. The van der Waals surface area contributed by atoms with E-state index in [0.29, 0.717) is 0 Å². The Labute approximate surface area is 111 Å². The van der Waals surface area contributed by atoms with Crippen molar-refractivity contribution >= 4 is 23.7 Å². The van der Waals surface area contributed by atoms with Gasteiger partial charge in [-0.3, -0.25) is 0 Å². The van der Waals surface area contributed by atoms with Gasteiger partial charge in [-0.1, -0.05) is 23.7 Å². The topological polar surface area (TPSA) is 138 Å². The van der Waals surface area contributed by atoms with E-state index in [4.69, 9.17) is 21.2 Å². The summed E-state index contributed by atoms with van der Waals surface area (Å²) in [5, 5.41) is -0.264. The van der Waals surface area contributed by atoms with E-state index in [1.807, 2.05) is 0 Å². The number of primary amides is 4. The maximum atomic E-state index is 12.0. The fraction of sp³-hybridized carbons (Fsp3) is 0.111. The van der Waals surface area contributed by atoms with E-state index in [0.717, 1.165) is 6.07 Å². The van der Waals surface area contributed by atoms with Crippen LogP contribution in [0.5, 0.6) is 0 Å². The molecule has 0 saturated carbocycles. The standard InChI is InChI=1S/C7H4ClF3.2CH4N2O/c8-6-4-2-1-3-5(6)7(9,10)11;2*2-1(3)4/h1-4H;2*(H4,2,3,4). The number of nitrogens with two attached hydrogens (primary N) is 4. The molecule has 0 aliphatic carbocycles. The fourth-order valence-electron chi connectivity index (χ4n) is 0.691. The Balaban J connectivity index is 0. The third-order valence-electron chi connectivity index (χ3n) is 1.18. The van der Waals surface area contributed by atoms with Gasteiger partial charge in [-0.05, 0) is 12.1 Å². The van der Waals surface area contributed by atoms with Crippen molar-refractivity contribution < 1.29 is 22.8 Å². The molecule has 0 saturated heterocycles. The number of alkyl halides is 3. The van der Waals surface area contributed by atoms with E-state index >= 15 is 0 Å². The summed E-state index contributed by atoms with van der Waals surface area (Å²) in [6.07, 6.45) is -4.35. The lowest BCUT2D eigenvalue weighted by atomic mass is 10.2. The first kappa shape index (κ1) is 19.2. The van der Waals surface area contributed by atoms with Crippen molar-refractivity contribution in [2.45, 2.75) is 6.18 Å². The SMILES string of the molecule is FC(F)(F)c1ccccc1Cl.NC(N)=O.NC(N)=O. The second-order valence-electron chi connectivity index (χ2n) is 2.78. The van der Waals surface area contributed by atoms with Gasteiger partial charge in [-0.2, -0.15) is 13.2 Å². The van der Waals surface area contributed by atoms with Crippen molar-refractivity contribution in [3.63, 3.8) is 0 Å². The molecule has 10 heteroatoms. The molecule has 0 bridgehead atoms. The molecule has 0 aliphatic heterocycles. The maximum absolute atomic E-state index is 12.0. The number of benzene rings is 1. The van der Waals surface area contributed by atoms with E-state index in [9.17, 15) is 13.2 Å². The second-order valence-corrected chi connectivity index (χ2v) is 3.19. The minimum Gasteiger partial charge on any atom is -0.352 e. The number of rotatable bonds is 0. The van der Waals surface area contributed by atoms with Crippen LogP contribution < -0.4 is 22.9 Å². The Morgan fingerprint density at radius 2 is 1.26 bits per heavy atom. The number of halogens is 4. The van der Waals surface area contributed by atoms with Crippen molar-refractivity contribution in [1.29, 1.82) is 0 Å². The van der Waals surface area contributed by atoms with Gasteiger partial charge in [0.05, 0.1) is 10.6 Å². The third kappa shape index (κ3) is 13.8. The summed E-state index contributed by atoms with van der Waals surface area (Å²) in [5.74, 6) is 0. The van der Waals surface area contributed by atoms with Crippen LogP contribution in [0.2, 0.25) is 5.02 Å². The number of amides is 4. The van der Waals surface area contributed by atoms with Gasteiger partial charge < -0.3 is 22.9 Å². The predicted octanol–water partition coefficient (Wildman–Crippen LogP) is 1.41. The molecule has 0 aliphatic rings. The molecular weight excluding hydrogens is 289 g/mol. The van der Waals surface area contributed by atoms with E-state index < -0.39 is 23.8 Å². The Morgan fingerprint density at radius 1 is 0.947 bits per heavy atom. The van der Waals surface area contributed by atoms with Gasteiger partial charge in [-0.15, -0.1) is 0 Å². The highest BCUT2D eigenvalue weighted by molar-refractivity contribution is 6.31. The summed E-state index contributed by atoms with van der Waals surface area (Å²) in [5.41, 5.74) is 16.2. The Morgan fingerprint density at radius 3 is 1.47 bits per heavy atom. The van der Waals surface area contributed by atoms with E-state index in [2.05, 4.69) is 22.9 Å². The van der Waals surface area contributed by atoms with Crippen molar-refractivity contribution in [2.75, 3.05) is 0 Å². The molecule has 1 aromatic rings. The molecule has 0 spiro atoms. The molecule has 8 N–H and O–H groups in total. The summed E-state index contributed by atoms with van der Waals surface area (Å²) < 4.78 is 35.9. The molecule has 4 amide bonds. The Hall–Kier alpha value is -2.16. The molecule has 1 aromatic carbocycles. The minimum atomic E-state index is -4.35. The highest BCUT2D eigenvalue weighted by atomic mass is 35.5. The zero-order chi connectivity index (χ0) is 15.6. The van der Waals surface area contributed by atoms with Gasteiger partial charge in [0.2, 0.25) is 0 Å². The van der Waals surface area contributed by atoms with Crippen molar-refractivity contribution in [2.24, 2.45) is 22.9 Å². The van der Waals surface area contributed by atoms with Gasteiger partial charge in [0.25, 0.3) is 0 Å². The van der Waals surface area contributed by atoms with Crippen molar-refractivity contribution in [3.05, 3.63) is 34.9 Å². The van der Waals surface area contributed by atoms with Crippen LogP contribution in [-0.2, 0) is 6.18 Å². The quantitative estimate of drug-likeness (QED) is 0.575. The van der Waals surface area contributed by atoms with Crippen LogP contribution in [0.15, 0.2) is 24.3 Å². The lowest BCUT2D eigenvalue weighted by molar-refractivity contribution is -0.137. The van der Waals surface area contributed by atoms with Crippen LogP contribution in [0.1, 0.15) is 5.56 Å². The van der Waals surface area contributed by atoms with Crippen LogP contribution in [0, 0.1) is 0 Å². The van der Waals surface area contributed by atoms with Gasteiger partial charge in [0.15, 0.2) is 0 Å².